The summed E-state index contributed by atoms with van der Waals surface area (Å²) >= 11 is 9.31. The van der Waals surface area contributed by atoms with E-state index in [1.54, 1.807) is 67.7 Å². The lowest BCUT2D eigenvalue weighted by atomic mass is 10.3. The average Bonchev–Trinajstić information content (AvgIpc) is 3.67. The summed E-state index contributed by atoms with van der Waals surface area (Å²) in [5.41, 5.74) is 1.57. The number of carbonyl (C=O) groups is 2. The smallest absolute Gasteiger partial charge is 0.369 e. The quantitative estimate of drug-likeness (QED) is 0.198. The zero-order valence-electron chi connectivity index (χ0n) is 22.6. The van der Waals surface area contributed by atoms with Crippen LogP contribution >= 0.6 is 47.3 Å². The second-order valence-corrected chi connectivity index (χ2v) is 13.8. The Kier molecular flexibility index (Phi) is 13.7. The van der Waals surface area contributed by atoms with E-state index in [-0.39, 0.29) is 20.3 Å². The fraction of sp³-hybridized carbons (Fsp3) is 0.200. The van der Waals surface area contributed by atoms with Crippen LogP contribution in [0.5, 0.6) is 23.0 Å². The molecule has 4 rings (SSSR count). The van der Waals surface area contributed by atoms with E-state index in [9.17, 15) is 14.7 Å². The number of nitrogens with zero attached hydrogens (tertiary/aromatic N) is 4. The standard InChI is InChI=1S/C13H14N2O4.C12H12N2O4.BBr3/c1-17-9-4-5-11(12(8-9)18-2)15-7-6-10(14-15)13(16)19-3;1-17-8-3-4-10(11(15)7-8)14-6-5-9(13-14)12(16)18-2;2-1(3)4/h4-8H,1-3H3;3-7,15H,1-2H3;. The first-order chi connectivity index (χ1) is 19.6. The Bertz CT molecular complexity index is 1450. The number of aromatic hydroxyl groups is 1. The molecule has 218 valence electrons. The van der Waals surface area contributed by atoms with Crippen molar-refractivity contribution in [3.8, 4) is 34.4 Å². The molecule has 1 N–H and O–H groups in total. The molecule has 2 aromatic carbocycles. The maximum absolute atomic E-state index is 11.4. The first kappa shape index (κ1) is 33.7. The van der Waals surface area contributed by atoms with E-state index in [1.165, 1.54) is 38.1 Å². The van der Waals surface area contributed by atoms with E-state index in [0.29, 0.717) is 28.6 Å². The minimum absolute atomic E-state index is 0.00821. The summed E-state index contributed by atoms with van der Waals surface area (Å²) in [6.45, 7) is 0. The second-order valence-electron chi connectivity index (χ2n) is 7.41. The van der Waals surface area contributed by atoms with Crippen molar-refractivity contribution in [3.05, 3.63) is 72.3 Å². The summed E-state index contributed by atoms with van der Waals surface area (Å²) in [6, 6.07) is 13.2. The van der Waals surface area contributed by atoms with Crippen LogP contribution in [0.15, 0.2) is 60.9 Å². The minimum atomic E-state index is -0.526. The van der Waals surface area contributed by atoms with E-state index in [0.717, 1.165) is 0 Å². The van der Waals surface area contributed by atoms with Crippen molar-refractivity contribution in [1.82, 2.24) is 19.6 Å². The number of ether oxygens (including phenoxy) is 5. The lowest BCUT2D eigenvalue weighted by Gasteiger charge is -2.10. The lowest BCUT2D eigenvalue weighted by molar-refractivity contribution is 0.0584. The van der Waals surface area contributed by atoms with Gasteiger partial charge in [0.1, 0.15) is 34.4 Å². The zero-order valence-corrected chi connectivity index (χ0v) is 27.3. The van der Waals surface area contributed by atoms with Crippen molar-refractivity contribution < 1.29 is 38.4 Å². The number of phenolic OH excluding ortho intramolecular Hbond substituents is 1. The van der Waals surface area contributed by atoms with Gasteiger partial charge in [-0.25, -0.2) is 19.0 Å². The zero-order chi connectivity index (χ0) is 30.5. The molecule has 0 aliphatic heterocycles. The number of aromatic nitrogens is 4. The fourth-order valence-electron chi connectivity index (χ4n) is 3.14. The Hall–Kier alpha value is -3.50. The van der Waals surface area contributed by atoms with Gasteiger partial charge in [-0.15, -0.1) is 47.3 Å². The molecule has 0 aliphatic carbocycles. The molecule has 0 spiro atoms. The summed E-state index contributed by atoms with van der Waals surface area (Å²) in [6.07, 6.45) is 3.23. The molecule has 0 unspecified atom stereocenters. The number of hydrogen-bond donors (Lipinski definition) is 1. The van der Waals surface area contributed by atoms with Crippen molar-refractivity contribution >= 4 is 62.4 Å². The van der Waals surface area contributed by atoms with Gasteiger partial charge < -0.3 is 28.8 Å². The van der Waals surface area contributed by atoms with Crippen molar-refractivity contribution in [2.75, 3.05) is 35.5 Å². The van der Waals surface area contributed by atoms with Crippen LogP contribution in [-0.2, 0) is 9.47 Å². The van der Waals surface area contributed by atoms with Gasteiger partial charge in [-0.05, 0) is 36.4 Å². The highest BCUT2D eigenvalue weighted by atomic mass is 79.9. The molecule has 0 radical (unpaired) electrons. The monoisotopic (exact) mass is 758 g/mol. The number of carbonyl (C=O) groups excluding carboxylic acids is 2. The van der Waals surface area contributed by atoms with Gasteiger partial charge in [0, 0.05) is 24.5 Å². The van der Waals surface area contributed by atoms with Crippen LogP contribution in [0.3, 0.4) is 0 Å². The summed E-state index contributed by atoms with van der Waals surface area (Å²) < 4.78 is 27.8. The Morgan fingerprint density at radius 2 is 1.15 bits per heavy atom. The largest absolute Gasteiger partial charge is 0.506 e. The summed E-state index contributed by atoms with van der Waals surface area (Å²) in [5, 5.41) is 18.0. The Morgan fingerprint density at radius 1 is 0.707 bits per heavy atom. The third-order valence-corrected chi connectivity index (χ3v) is 5.03. The van der Waals surface area contributed by atoms with Gasteiger partial charge in [-0.1, -0.05) is 0 Å². The third-order valence-electron chi connectivity index (χ3n) is 5.03. The molecule has 0 saturated carbocycles. The van der Waals surface area contributed by atoms with Gasteiger partial charge in [0.05, 0.1) is 35.5 Å². The third kappa shape index (κ3) is 9.83. The van der Waals surface area contributed by atoms with Crippen molar-refractivity contribution in [1.29, 1.82) is 0 Å². The Balaban J connectivity index is 0.000000254. The van der Waals surface area contributed by atoms with Crippen LogP contribution in [0, 0.1) is 0 Å². The van der Waals surface area contributed by atoms with Crippen LogP contribution in [-0.4, -0.2) is 75.3 Å². The highest BCUT2D eigenvalue weighted by Crippen LogP contribution is 2.28. The molecule has 41 heavy (non-hydrogen) atoms. The molecule has 12 nitrogen and oxygen atoms in total. The van der Waals surface area contributed by atoms with Crippen molar-refractivity contribution in [2.24, 2.45) is 0 Å². The first-order valence-corrected chi connectivity index (χ1v) is 14.1. The summed E-state index contributed by atoms with van der Waals surface area (Å²) in [4.78, 5) is 22.6. The van der Waals surface area contributed by atoms with Gasteiger partial charge in [-0.2, -0.15) is 10.2 Å². The van der Waals surface area contributed by atoms with Gasteiger partial charge in [-0.3, -0.25) is 0 Å². The molecule has 2 aromatic heterocycles. The molecule has 0 fully saturated rings. The van der Waals surface area contributed by atoms with Gasteiger partial charge >= 0.3 is 15.1 Å². The first-order valence-electron chi connectivity index (χ1n) is 11.4. The van der Waals surface area contributed by atoms with Crippen molar-refractivity contribution in [2.45, 2.75) is 0 Å². The van der Waals surface area contributed by atoms with E-state index >= 15 is 0 Å². The van der Waals surface area contributed by atoms with Gasteiger partial charge in [0.25, 0.3) is 0 Å². The number of rotatable bonds is 7. The van der Waals surface area contributed by atoms with Gasteiger partial charge in [0.2, 0.25) is 0 Å². The molecule has 0 bridgehead atoms. The molecule has 0 saturated heterocycles. The molecule has 0 atom stereocenters. The van der Waals surface area contributed by atoms with E-state index in [2.05, 4.69) is 66.9 Å². The topological polar surface area (TPSA) is 136 Å². The lowest BCUT2D eigenvalue weighted by Crippen LogP contribution is -2.05. The molecule has 16 heteroatoms. The summed E-state index contributed by atoms with van der Waals surface area (Å²) in [7, 11) is 7.25. The highest BCUT2D eigenvalue weighted by Gasteiger charge is 2.14. The van der Waals surface area contributed by atoms with Crippen LogP contribution in [0.2, 0.25) is 0 Å². The number of hydrogen-bond acceptors (Lipinski definition) is 10. The number of esters is 2. The van der Waals surface area contributed by atoms with Crippen LogP contribution in [0.25, 0.3) is 11.4 Å². The second kappa shape index (κ2) is 16.7. The number of benzene rings is 2. The van der Waals surface area contributed by atoms with Crippen LogP contribution in [0.4, 0.5) is 0 Å². The van der Waals surface area contributed by atoms with Crippen LogP contribution < -0.4 is 14.2 Å². The summed E-state index contributed by atoms with van der Waals surface area (Å²) in [5.74, 6) is 0.818. The average molecular weight is 761 g/mol. The predicted octanol–water partition coefficient (Wildman–Crippen LogP) is 5.21. The highest BCUT2D eigenvalue weighted by molar-refractivity contribution is 9.69. The Labute approximate surface area is 261 Å². The molecule has 2 heterocycles. The molecular weight excluding hydrogens is 735 g/mol. The van der Waals surface area contributed by atoms with E-state index in [1.807, 2.05) is 0 Å². The van der Waals surface area contributed by atoms with E-state index < -0.39 is 11.9 Å². The number of phenols is 1. The maximum atomic E-state index is 11.4. The molecule has 4 aromatic rings. The van der Waals surface area contributed by atoms with Gasteiger partial charge in [0.15, 0.2) is 11.4 Å². The minimum Gasteiger partial charge on any atom is -0.506 e. The normalized spacial score (nSPS) is 9.76. The predicted molar refractivity (Wildman–Crippen MR) is 164 cm³/mol. The number of halogens is 3. The van der Waals surface area contributed by atoms with Crippen molar-refractivity contribution in [3.63, 3.8) is 0 Å². The molecule has 0 aliphatic rings. The molecular formula is C25H26BBr3N4O8. The van der Waals surface area contributed by atoms with E-state index in [4.69, 9.17) is 14.2 Å². The Morgan fingerprint density at radius 3 is 1.56 bits per heavy atom. The maximum Gasteiger partial charge on any atom is 0.369 e. The molecule has 0 amide bonds. The number of methoxy groups -OCH3 is 5. The van der Waals surface area contributed by atoms with Crippen LogP contribution in [0.1, 0.15) is 21.0 Å². The fourth-order valence-corrected chi connectivity index (χ4v) is 3.14. The SMILES string of the molecule is BrB(Br)Br.COC(=O)c1ccn(-c2ccc(OC)cc2O)n1.COC(=O)c1ccn(-c2ccc(OC)cc2OC)n1.